The van der Waals surface area contributed by atoms with Gasteiger partial charge in [-0.2, -0.15) is 0 Å². The third-order valence-electron chi connectivity index (χ3n) is 5.15. The van der Waals surface area contributed by atoms with Gasteiger partial charge in [0, 0.05) is 37.4 Å². The van der Waals surface area contributed by atoms with E-state index in [-0.39, 0.29) is 11.5 Å². The number of piperazine rings is 1. The van der Waals surface area contributed by atoms with Gasteiger partial charge in [-0.1, -0.05) is 12.1 Å². The summed E-state index contributed by atoms with van der Waals surface area (Å²) in [4.78, 5) is 37.3. The van der Waals surface area contributed by atoms with E-state index in [1.54, 1.807) is 6.92 Å². The largest absolute Gasteiger partial charge is 0.464 e. The lowest BCUT2D eigenvalue weighted by molar-refractivity contribution is 0.0594. The molecular formula is C22H22N4O3. The van der Waals surface area contributed by atoms with Crippen molar-refractivity contribution in [2.75, 3.05) is 43.1 Å². The summed E-state index contributed by atoms with van der Waals surface area (Å²) in [6.45, 7) is 4.51. The highest BCUT2D eigenvalue weighted by atomic mass is 16.5. The third-order valence-corrected chi connectivity index (χ3v) is 5.15. The van der Waals surface area contributed by atoms with E-state index >= 15 is 0 Å². The Morgan fingerprint density at radius 2 is 1.45 bits per heavy atom. The van der Waals surface area contributed by atoms with Gasteiger partial charge in [0.15, 0.2) is 17.3 Å². The molecule has 0 aliphatic carbocycles. The van der Waals surface area contributed by atoms with Crippen LogP contribution in [0.1, 0.15) is 27.8 Å². The number of ketones is 1. The van der Waals surface area contributed by atoms with Gasteiger partial charge in [0.2, 0.25) is 0 Å². The quantitative estimate of drug-likeness (QED) is 0.501. The summed E-state index contributed by atoms with van der Waals surface area (Å²) in [7, 11) is 1.35. The summed E-state index contributed by atoms with van der Waals surface area (Å²) < 4.78 is 4.93. The molecule has 148 valence electrons. The van der Waals surface area contributed by atoms with E-state index in [4.69, 9.17) is 9.72 Å². The standard InChI is InChI=1S/C22H22N4O3/c1-15(27)16-7-9-17(10-8-16)25-11-13-26(14-12-25)21-20(22(28)29-2)23-18-5-3-4-6-19(18)24-21/h3-10H,11-14H2,1-2H3. The van der Waals surface area contributed by atoms with Crippen molar-refractivity contribution in [1.82, 2.24) is 9.97 Å². The zero-order valence-electron chi connectivity index (χ0n) is 16.5. The monoisotopic (exact) mass is 390 g/mol. The second-order valence-corrected chi connectivity index (χ2v) is 6.95. The van der Waals surface area contributed by atoms with Gasteiger partial charge in [0.1, 0.15) is 0 Å². The lowest BCUT2D eigenvalue weighted by Gasteiger charge is -2.37. The van der Waals surface area contributed by atoms with Gasteiger partial charge < -0.3 is 14.5 Å². The van der Waals surface area contributed by atoms with Crippen molar-refractivity contribution in [3.05, 3.63) is 59.8 Å². The number of methoxy groups -OCH3 is 1. The number of rotatable bonds is 4. The van der Waals surface area contributed by atoms with Crippen molar-refractivity contribution in [1.29, 1.82) is 0 Å². The number of ether oxygens (including phenoxy) is 1. The lowest BCUT2D eigenvalue weighted by Crippen LogP contribution is -2.47. The number of fused-ring (bicyclic) bond motifs is 1. The molecule has 29 heavy (non-hydrogen) atoms. The number of esters is 1. The Morgan fingerprint density at radius 3 is 2.03 bits per heavy atom. The molecule has 0 bridgehead atoms. The van der Waals surface area contributed by atoms with Crippen LogP contribution in [0, 0.1) is 0 Å². The van der Waals surface area contributed by atoms with Gasteiger partial charge in [-0.05, 0) is 43.3 Å². The smallest absolute Gasteiger partial charge is 0.360 e. The van der Waals surface area contributed by atoms with E-state index < -0.39 is 5.97 Å². The van der Waals surface area contributed by atoms with Crippen molar-refractivity contribution in [2.45, 2.75) is 6.92 Å². The summed E-state index contributed by atoms with van der Waals surface area (Å²) in [6.07, 6.45) is 0. The average molecular weight is 390 g/mol. The molecule has 0 spiro atoms. The molecule has 1 fully saturated rings. The summed E-state index contributed by atoms with van der Waals surface area (Å²) >= 11 is 0. The highest BCUT2D eigenvalue weighted by Gasteiger charge is 2.25. The molecule has 0 unspecified atom stereocenters. The number of benzene rings is 2. The van der Waals surface area contributed by atoms with Crippen molar-refractivity contribution < 1.29 is 14.3 Å². The molecule has 2 heterocycles. The first-order chi connectivity index (χ1) is 14.1. The minimum atomic E-state index is -0.486. The van der Waals surface area contributed by atoms with Crippen molar-refractivity contribution in [2.24, 2.45) is 0 Å². The second kappa shape index (κ2) is 7.87. The normalized spacial score (nSPS) is 14.1. The fraction of sp³-hybridized carbons (Fsp3) is 0.273. The maximum absolute atomic E-state index is 12.3. The SMILES string of the molecule is COC(=O)c1nc2ccccc2nc1N1CCN(c2ccc(C(C)=O)cc2)CC1. The highest BCUT2D eigenvalue weighted by molar-refractivity contribution is 5.95. The Morgan fingerprint density at radius 1 is 0.862 bits per heavy atom. The van der Waals surface area contributed by atoms with Crippen LogP contribution < -0.4 is 9.80 Å². The minimum absolute atomic E-state index is 0.0617. The fourth-order valence-corrected chi connectivity index (χ4v) is 3.53. The van der Waals surface area contributed by atoms with Crippen molar-refractivity contribution in [3.63, 3.8) is 0 Å². The van der Waals surface area contributed by atoms with E-state index in [1.165, 1.54) is 7.11 Å². The second-order valence-electron chi connectivity index (χ2n) is 6.95. The van der Waals surface area contributed by atoms with Crippen LogP contribution in [-0.2, 0) is 4.74 Å². The van der Waals surface area contributed by atoms with E-state index in [2.05, 4.69) is 14.8 Å². The zero-order chi connectivity index (χ0) is 20.4. The van der Waals surface area contributed by atoms with Crippen LogP contribution in [0.2, 0.25) is 0 Å². The first-order valence-electron chi connectivity index (χ1n) is 9.53. The molecule has 3 aromatic rings. The molecule has 0 atom stereocenters. The number of aromatic nitrogens is 2. The topological polar surface area (TPSA) is 75.6 Å². The number of carbonyl (C=O) groups is 2. The summed E-state index contributed by atoms with van der Waals surface area (Å²) in [5.74, 6) is 0.134. The minimum Gasteiger partial charge on any atom is -0.464 e. The number of carbonyl (C=O) groups excluding carboxylic acids is 2. The zero-order valence-corrected chi connectivity index (χ0v) is 16.5. The molecule has 4 rings (SSSR count). The predicted octanol–water partition coefficient (Wildman–Crippen LogP) is 2.95. The Bertz CT molecular complexity index is 1060. The molecule has 0 saturated carbocycles. The maximum Gasteiger partial charge on any atom is 0.360 e. The van der Waals surface area contributed by atoms with Crippen LogP contribution in [0.15, 0.2) is 48.5 Å². The first-order valence-corrected chi connectivity index (χ1v) is 9.53. The van der Waals surface area contributed by atoms with E-state index in [0.29, 0.717) is 30.0 Å². The molecule has 1 saturated heterocycles. The summed E-state index contributed by atoms with van der Waals surface area (Å²) in [5.41, 5.74) is 3.44. The number of hydrogen-bond donors (Lipinski definition) is 0. The molecule has 2 aromatic carbocycles. The molecule has 7 heteroatoms. The van der Waals surface area contributed by atoms with Crippen LogP contribution in [0.5, 0.6) is 0 Å². The fourth-order valence-electron chi connectivity index (χ4n) is 3.53. The predicted molar refractivity (Wildman–Crippen MR) is 112 cm³/mol. The van der Waals surface area contributed by atoms with Crippen molar-refractivity contribution >= 4 is 34.3 Å². The molecule has 7 nitrogen and oxygen atoms in total. The molecular weight excluding hydrogens is 368 g/mol. The maximum atomic E-state index is 12.3. The van der Waals surface area contributed by atoms with Gasteiger partial charge in [0.05, 0.1) is 18.1 Å². The van der Waals surface area contributed by atoms with Crippen LogP contribution in [0.3, 0.4) is 0 Å². The van der Waals surface area contributed by atoms with Crippen molar-refractivity contribution in [3.8, 4) is 0 Å². The molecule has 1 aliphatic heterocycles. The van der Waals surface area contributed by atoms with Gasteiger partial charge in [-0.3, -0.25) is 4.79 Å². The van der Waals surface area contributed by atoms with Gasteiger partial charge in [0.25, 0.3) is 0 Å². The number of hydrogen-bond acceptors (Lipinski definition) is 7. The number of anilines is 2. The summed E-state index contributed by atoms with van der Waals surface area (Å²) in [5, 5.41) is 0. The van der Waals surface area contributed by atoms with Gasteiger partial charge in [-0.15, -0.1) is 0 Å². The number of Topliss-reactive ketones (excluding diaryl/α,β-unsaturated/α-hetero) is 1. The average Bonchev–Trinajstić information content (AvgIpc) is 2.78. The molecule has 0 amide bonds. The van der Waals surface area contributed by atoms with E-state index in [9.17, 15) is 9.59 Å². The molecule has 1 aromatic heterocycles. The van der Waals surface area contributed by atoms with Crippen LogP contribution >= 0.6 is 0 Å². The number of para-hydroxylation sites is 2. The van der Waals surface area contributed by atoms with E-state index in [1.807, 2.05) is 48.5 Å². The number of nitrogens with zero attached hydrogens (tertiary/aromatic N) is 4. The van der Waals surface area contributed by atoms with Gasteiger partial charge in [-0.25, -0.2) is 14.8 Å². The molecule has 0 N–H and O–H groups in total. The van der Waals surface area contributed by atoms with Crippen LogP contribution in [0.4, 0.5) is 11.5 Å². The Hall–Kier alpha value is -3.48. The van der Waals surface area contributed by atoms with E-state index in [0.717, 1.165) is 24.3 Å². The summed E-state index contributed by atoms with van der Waals surface area (Å²) in [6, 6.07) is 15.2. The van der Waals surface area contributed by atoms with Crippen LogP contribution in [0.25, 0.3) is 11.0 Å². The molecule has 1 aliphatic rings. The third kappa shape index (κ3) is 3.76. The Labute approximate surface area is 168 Å². The van der Waals surface area contributed by atoms with Gasteiger partial charge >= 0.3 is 5.97 Å². The first kappa shape index (κ1) is 18.9. The highest BCUT2D eigenvalue weighted by Crippen LogP contribution is 2.24. The van der Waals surface area contributed by atoms with Crippen LogP contribution in [-0.4, -0.2) is 55.0 Å². The molecule has 0 radical (unpaired) electrons. The Balaban J connectivity index is 1.57. The lowest BCUT2D eigenvalue weighted by atomic mass is 10.1. The Kier molecular flexibility index (Phi) is 5.12.